The van der Waals surface area contributed by atoms with Crippen LogP contribution in [0.3, 0.4) is 0 Å². The predicted molar refractivity (Wildman–Crippen MR) is 134 cm³/mol. The molecule has 2 fully saturated rings. The third-order valence-corrected chi connectivity index (χ3v) is 7.07. The Morgan fingerprint density at radius 1 is 1.03 bits per heavy atom. The van der Waals surface area contributed by atoms with Gasteiger partial charge in [-0.15, -0.1) is 0 Å². The van der Waals surface area contributed by atoms with E-state index in [0.717, 1.165) is 11.3 Å². The number of halogens is 3. The van der Waals surface area contributed by atoms with E-state index in [1.54, 1.807) is 18.2 Å². The fourth-order valence-electron chi connectivity index (χ4n) is 4.30. The number of benzene rings is 2. The monoisotopic (exact) mass is 528 g/mol. The number of rotatable bonds is 8. The number of carbonyl (C=O) groups is 1. The number of ether oxygens (including phenoxy) is 1. The van der Waals surface area contributed by atoms with Crippen LogP contribution in [-0.4, -0.2) is 38.5 Å². The quantitative estimate of drug-likeness (QED) is 0.384. The number of carbonyl (C=O) groups excluding carboxylic acids is 1. The lowest BCUT2D eigenvalue weighted by Gasteiger charge is -2.27. The van der Waals surface area contributed by atoms with Crippen LogP contribution in [0.15, 0.2) is 42.5 Å². The van der Waals surface area contributed by atoms with Crippen molar-refractivity contribution in [3.05, 3.63) is 53.1 Å². The van der Waals surface area contributed by atoms with Crippen molar-refractivity contribution < 1.29 is 23.4 Å². The summed E-state index contributed by atoms with van der Waals surface area (Å²) in [6.45, 7) is 0.907. The van der Waals surface area contributed by atoms with Gasteiger partial charge >= 0.3 is 6.01 Å². The minimum Gasteiger partial charge on any atom is -0.493 e. The zero-order chi connectivity index (χ0) is 26.0. The summed E-state index contributed by atoms with van der Waals surface area (Å²) in [6.07, 6.45) is 2.23. The zero-order valence-electron chi connectivity index (χ0n) is 20.1. The lowest BCUT2D eigenvalue weighted by atomic mass is 9.86. The number of hydrogen-bond acceptors (Lipinski definition) is 6. The normalized spacial score (nSPS) is 17.4. The van der Waals surface area contributed by atoms with Crippen molar-refractivity contribution in [2.75, 3.05) is 6.61 Å². The first kappa shape index (κ1) is 25.3. The summed E-state index contributed by atoms with van der Waals surface area (Å²) in [7, 11) is 0. The molecule has 0 atom stereocenters. The van der Waals surface area contributed by atoms with Crippen LogP contribution >= 0.6 is 11.6 Å². The largest absolute Gasteiger partial charge is 0.493 e. The Hall–Kier alpha value is -3.33. The molecule has 0 saturated heterocycles. The van der Waals surface area contributed by atoms with Gasteiger partial charge in [-0.1, -0.05) is 17.7 Å². The Bertz CT molecular complexity index is 1280. The molecule has 194 valence electrons. The van der Waals surface area contributed by atoms with Gasteiger partial charge in [0.05, 0.1) is 11.6 Å². The van der Waals surface area contributed by atoms with E-state index in [2.05, 4.69) is 20.3 Å². The minimum absolute atomic E-state index is 0.172. The highest BCUT2D eigenvalue weighted by atomic mass is 35.5. The second-order valence-electron chi connectivity index (χ2n) is 9.72. The molecular weight excluding hydrogens is 502 g/mol. The molecule has 3 aromatic rings. The number of nitrogens with zero attached hydrogens (tertiary/aromatic N) is 3. The van der Waals surface area contributed by atoms with Crippen molar-refractivity contribution >= 4 is 17.5 Å². The van der Waals surface area contributed by atoms with Crippen LogP contribution in [0.2, 0.25) is 5.02 Å². The number of nitrogens with one attached hydrogen (secondary N) is 1. The first-order valence-electron chi connectivity index (χ1n) is 12.4. The number of hydrogen-bond donors (Lipinski definition) is 2. The van der Waals surface area contributed by atoms with Crippen LogP contribution in [0.25, 0.3) is 22.8 Å². The summed E-state index contributed by atoms with van der Waals surface area (Å²) in [5, 5.41) is 13.4. The minimum atomic E-state index is -2.68. The third kappa shape index (κ3) is 6.52. The van der Waals surface area contributed by atoms with E-state index in [-0.39, 0.29) is 49.8 Å². The topological polar surface area (TPSA) is 97.2 Å². The highest BCUT2D eigenvalue weighted by Crippen LogP contribution is 2.36. The zero-order valence-corrected chi connectivity index (χ0v) is 20.8. The molecule has 2 aliphatic rings. The van der Waals surface area contributed by atoms with Crippen LogP contribution in [-0.2, 0) is 11.3 Å². The number of alkyl halides is 2. The number of amides is 1. The van der Waals surface area contributed by atoms with Crippen molar-refractivity contribution in [3.63, 3.8) is 0 Å². The molecule has 2 N–H and O–H groups in total. The molecular formula is C27H27ClF2N4O3. The fraction of sp³-hybridized carbons (Fsp3) is 0.407. The summed E-state index contributed by atoms with van der Waals surface area (Å²) >= 11 is 6.42. The van der Waals surface area contributed by atoms with E-state index in [4.69, 9.17) is 16.3 Å². The highest BCUT2D eigenvalue weighted by Gasteiger charge is 2.37. The van der Waals surface area contributed by atoms with Gasteiger partial charge in [0.1, 0.15) is 5.75 Å². The SMILES string of the molecule is O=C(NCc1ccc(Cl)c(-c2nc(O)nc(-c3ccc(OCC4CC4)cc3)n2)c1)C1CCC(F)(F)CC1. The Labute approximate surface area is 218 Å². The molecule has 2 aliphatic carbocycles. The van der Waals surface area contributed by atoms with Gasteiger partial charge in [-0.3, -0.25) is 4.79 Å². The maximum absolute atomic E-state index is 13.4. The molecule has 10 heteroatoms. The van der Waals surface area contributed by atoms with Gasteiger partial charge in [0.15, 0.2) is 11.6 Å². The molecule has 5 rings (SSSR count). The summed E-state index contributed by atoms with van der Waals surface area (Å²) in [5.74, 6) is -1.46. The van der Waals surface area contributed by atoms with Gasteiger partial charge in [0, 0.05) is 36.4 Å². The van der Waals surface area contributed by atoms with E-state index in [1.807, 2.05) is 24.3 Å². The lowest BCUT2D eigenvalue weighted by Crippen LogP contribution is -2.35. The molecule has 0 aliphatic heterocycles. The van der Waals surface area contributed by atoms with Crippen LogP contribution < -0.4 is 10.1 Å². The molecule has 1 amide bonds. The second kappa shape index (κ2) is 10.6. The van der Waals surface area contributed by atoms with E-state index in [0.29, 0.717) is 28.7 Å². The second-order valence-corrected chi connectivity index (χ2v) is 10.1. The molecule has 1 heterocycles. The van der Waals surface area contributed by atoms with Crippen molar-refractivity contribution in [3.8, 4) is 34.5 Å². The molecule has 37 heavy (non-hydrogen) atoms. The Balaban J connectivity index is 1.29. The predicted octanol–water partition coefficient (Wildman–Crippen LogP) is 5.80. The molecule has 1 aromatic heterocycles. The Morgan fingerprint density at radius 2 is 1.73 bits per heavy atom. The summed E-state index contributed by atoms with van der Waals surface area (Å²) < 4.78 is 32.6. The molecule has 2 saturated carbocycles. The molecule has 0 radical (unpaired) electrons. The van der Waals surface area contributed by atoms with Crippen LogP contribution in [0.4, 0.5) is 8.78 Å². The average molecular weight is 529 g/mol. The van der Waals surface area contributed by atoms with E-state index < -0.39 is 17.9 Å². The molecule has 2 aromatic carbocycles. The Kier molecular flexibility index (Phi) is 7.24. The summed E-state index contributed by atoms with van der Waals surface area (Å²) in [5.41, 5.74) is 1.87. The van der Waals surface area contributed by atoms with Crippen LogP contribution in [0.5, 0.6) is 11.8 Å². The smallest absolute Gasteiger partial charge is 0.318 e. The molecule has 7 nitrogen and oxygen atoms in total. The number of aromatic hydroxyl groups is 1. The van der Waals surface area contributed by atoms with Gasteiger partial charge in [-0.25, -0.2) is 13.8 Å². The van der Waals surface area contributed by atoms with Gasteiger partial charge < -0.3 is 15.2 Å². The van der Waals surface area contributed by atoms with Crippen LogP contribution in [0, 0.1) is 11.8 Å². The maximum Gasteiger partial charge on any atom is 0.318 e. The van der Waals surface area contributed by atoms with Crippen molar-refractivity contribution in [2.24, 2.45) is 11.8 Å². The third-order valence-electron chi connectivity index (χ3n) is 6.75. The van der Waals surface area contributed by atoms with E-state index in [9.17, 15) is 18.7 Å². The summed E-state index contributed by atoms with van der Waals surface area (Å²) in [6, 6.07) is 12.0. The van der Waals surface area contributed by atoms with Crippen molar-refractivity contribution in [2.45, 2.75) is 51.0 Å². The standard InChI is InChI=1S/C27H27ClF2N4O3/c28-22-8-3-17(14-31-25(35)19-9-11-27(29,30)12-10-19)13-21(22)24-32-23(33-26(36)34-24)18-4-6-20(7-5-18)37-15-16-1-2-16/h3-8,13,16,19H,1-2,9-12,14-15H2,(H,31,35)(H,32,33,34,36). The van der Waals surface area contributed by atoms with Gasteiger partial charge in [-0.05, 0) is 73.6 Å². The average Bonchev–Trinajstić information content (AvgIpc) is 3.71. The molecule has 0 bridgehead atoms. The van der Waals surface area contributed by atoms with Crippen LogP contribution in [0.1, 0.15) is 44.1 Å². The van der Waals surface area contributed by atoms with E-state index in [1.165, 1.54) is 12.8 Å². The highest BCUT2D eigenvalue weighted by molar-refractivity contribution is 6.33. The number of aromatic nitrogens is 3. The van der Waals surface area contributed by atoms with Gasteiger partial charge in [0.25, 0.3) is 0 Å². The first-order valence-corrected chi connectivity index (χ1v) is 12.8. The van der Waals surface area contributed by atoms with Crippen molar-refractivity contribution in [1.82, 2.24) is 20.3 Å². The lowest BCUT2D eigenvalue weighted by molar-refractivity contribution is -0.129. The molecule has 0 spiro atoms. The fourth-order valence-corrected chi connectivity index (χ4v) is 4.50. The van der Waals surface area contributed by atoms with Gasteiger partial charge in [0.2, 0.25) is 11.8 Å². The first-order chi connectivity index (χ1) is 17.8. The Morgan fingerprint density at radius 3 is 2.43 bits per heavy atom. The van der Waals surface area contributed by atoms with Crippen molar-refractivity contribution in [1.29, 1.82) is 0 Å². The van der Waals surface area contributed by atoms with E-state index >= 15 is 0 Å². The molecule has 0 unspecified atom stereocenters. The maximum atomic E-state index is 13.4. The van der Waals surface area contributed by atoms with Gasteiger partial charge in [-0.2, -0.15) is 9.97 Å². The summed E-state index contributed by atoms with van der Waals surface area (Å²) in [4.78, 5) is 25.1.